The van der Waals surface area contributed by atoms with Gasteiger partial charge in [-0.2, -0.15) is 0 Å². The standard InChI is InChI=1S/C26H24ClFN4O3/c1-35-25(34)16-5-7-17(8-6-16)26(9-10-26)31-24(33)22-11-18(27)13-29-23(22)32-14-21(15-32)30-20-4-2-3-19(28)12-20/h2-8,11-13,21,30H,9-10,14-15H2,1H3,(H,31,33). The number of hydrogen-bond donors (Lipinski definition) is 2. The van der Waals surface area contributed by atoms with E-state index in [4.69, 9.17) is 16.3 Å². The molecule has 2 N–H and O–H groups in total. The maximum absolute atomic E-state index is 13.5. The topological polar surface area (TPSA) is 83.6 Å². The summed E-state index contributed by atoms with van der Waals surface area (Å²) in [6.45, 7) is 1.23. The molecule has 2 heterocycles. The SMILES string of the molecule is COC(=O)c1ccc(C2(NC(=O)c3cc(Cl)cnc3N3CC(Nc4cccc(F)c4)C3)CC2)cc1. The molecule has 9 heteroatoms. The van der Waals surface area contributed by atoms with E-state index in [1.165, 1.54) is 25.4 Å². The number of benzene rings is 2. The molecule has 35 heavy (non-hydrogen) atoms. The number of nitrogens with zero attached hydrogens (tertiary/aromatic N) is 2. The first-order valence-electron chi connectivity index (χ1n) is 11.3. The van der Waals surface area contributed by atoms with Crippen molar-refractivity contribution in [3.05, 3.63) is 88.3 Å². The number of carbonyl (C=O) groups excluding carboxylic acids is 2. The minimum atomic E-state index is -0.484. The molecule has 2 aliphatic rings. The quantitative estimate of drug-likeness (QED) is 0.474. The summed E-state index contributed by atoms with van der Waals surface area (Å²) < 4.78 is 18.2. The lowest BCUT2D eigenvalue weighted by atomic mass is 10.0. The summed E-state index contributed by atoms with van der Waals surface area (Å²) in [5, 5.41) is 6.83. The van der Waals surface area contributed by atoms with Gasteiger partial charge in [0.1, 0.15) is 11.6 Å². The molecule has 180 valence electrons. The molecule has 1 saturated carbocycles. The molecular formula is C26H24ClFN4O3. The van der Waals surface area contributed by atoms with Crippen LogP contribution in [0, 0.1) is 5.82 Å². The van der Waals surface area contributed by atoms with Crippen molar-refractivity contribution < 1.29 is 18.7 Å². The maximum atomic E-state index is 13.5. The molecule has 1 aromatic heterocycles. The van der Waals surface area contributed by atoms with Gasteiger partial charge in [-0.3, -0.25) is 4.79 Å². The van der Waals surface area contributed by atoms with Crippen LogP contribution in [-0.2, 0) is 10.3 Å². The molecule has 0 bridgehead atoms. The van der Waals surface area contributed by atoms with Gasteiger partial charge >= 0.3 is 5.97 Å². The average Bonchev–Trinajstić information content (AvgIpc) is 3.61. The number of nitrogens with one attached hydrogen (secondary N) is 2. The van der Waals surface area contributed by atoms with Crippen LogP contribution in [0.1, 0.15) is 39.1 Å². The number of rotatable bonds is 7. The highest BCUT2D eigenvalue weighted by Gasteiger charge is 2.46. The predicted octanol–water partition coefficient (Wildman–Crippen LogP) is 4.38. The Hall–Kier alpha value is -3.65. The average molecular weight is 495 g/mol. The normalized spacial score (nSPS) is 16.3. The molecule has 0 spiro atoms. The maximum Gasteiger partial charge on any atom is 0.337 e. The summed E-state index contributed by atoms with van der Waals surface area (Å²) in [6.07, 6.45) is 3.12. The fourth-order valence-electron chi connectivity index (χ4n) is 4.35. The zero-order valence-corrected chi connectivity index (χ0v) is 19.8. The number of aromatic nitrogens is 1. The highest BCUT2D eigenvalue weighted by molar-refractivity contribution is 6.31. The van der Waals surface area contributed by atoms with E-state index in [9.17, 15) is 14.0 Å². The Balaban J connectivity index is 1.29. The number of anilines is 2. The molecule has 0 radical (unpaired) electrons. The zero-order chi connectivity index (χ0) is 24.6. The fraction of sp³-hybridized carbons (Fsp3) is 0.269. The number of ether oxygens (including phenoxy) is 1. The minimum absolute atomic E-state index is 0.105. The van der Waals surface area contributed by atoms with Gasteiger partial charge in [-0.1, -0.05) is 29.8 Å². The first kappa shape index (κ1) is 23.1. The van der Waals surface area contributed by atoms with E-state index in [-0.39, 0.29) is 17.8 Å². The van der Waals surface area contributed by atoms with Gasteiger partial charge < -0.3 is 20.3 Å². The van der Waals surface area contributed by atoms with E-state index in [0.717, 1.165) is 18.4 Å². The van der Waals surface area contributed by atoms with Gasteiger partial charge in [0.05, 0.1) is 34.8 Å². The van der Waals surface area contributed by atoms with E-state index in [2.05, 4.69) is 15.6 Å². The zero-order valence-electron chi connectivity index (χ0n) is 19.1. The largest absolute Gasteiger partial charge is 0.465 e. The molecule has 0 unspecified atom stereocenters. The van der Waals surface area contributed by atoms with Crippen LogP contribution in [0.3, 0.4) is 0 Å². The molecule has 0 atom stereocenters. The van der Waals surface area contributed by atoms with Crippen molar-refractivity contribution in [2.75, 3.05) is 30.4 Å². The molecule has 3 aromatic rings. The second-order valence-corrected chi connectivity index (χ2v) is 9.32. The Bertz CT molecular complexity index is 1270. The highest BCUT2D eigenvalue weighted by Crippen LogP contribution is 2.46. The van der Waals surface area contributed by atoms with E-state index in [0.29, 0.717) is 40.7 Å². The smallest absolute Gasteiger partial charge is 0.337 e. The molecule has 7 nitrogen and oxygen atoms in total. The third-order valence-corrected chi connectivity index (χ3v) is 6.62. The molecular weight excluding hydrogens is 471 g/mol. The third kappa shape index (κ3) is 4.79. The van der Waals surface area contributed by atoms with E-state index in [1.54, 1.807) is 24.3 Å². The Morgan fingerprint density at radius 3 is 2.54 bits per heavy atom. The Morgan fingerprint density at radius 2 is 1.89 bits per heavy atom. The summed E-state index contributed by atoms with van der Waals surface area (Å²) in [5.74, 6) is -0.398. The number of esters is 1. The van der Waals surface area contributed by atoms with Crippen molar-refractivity contribution in [2.45, 2.75) is 24.4 Å². The Kier molecular flexibility index (Phi) is 6.06. The monoisotopic (exact) mass is 494 g/mol. The fourth-order valence-corrected chi connectivity index (χ4v) is 4.50. The Morgan fingerprint density at radius 1 is 1.14 bits per heavy atom. The summed E-state index contributed by atoms with van der Waals surface area (Å²) in [6, 6.07) is 15.2. The first-order valence-corrected chi connectivity index (χ1v) is 11.7. The van der Waals surface area contributed by atoms with Crippen LogP contribution in [0.4, 0.5) is 15.9 Å². The number of halogens is 2. The number of pyridine rings is 1. The highest BCUT2D eigenvalue weighted by atomic mass is 35.5. The first-order chi connectivity index (χ1) is 16.9. The predicted molar refractivity (Wildman–Crippen MR) is 131 cm³/mol. The van der Waals surface area contributed by atoms with Crippen LogP contribution >= 0.6 is 11.6 Å². The van der Waals surface area contributed by atoms with Crippen LogP contribution in [0.25, 0.3) is 0 Å². The second-order valence-electron chi connectivity index (χ2n) is 8.89. The van der Waals surface area contributed by atoms with Crippen LogP contribution in [0.15, 0.2) is 60.8 Å². The molecule has 2 fully saturated rings. The second kappa shape index (κ2) is 9.19. The van der Waals surface area contributed by atoms with Gasteiger partial charge in [0, 0.05) is 25.0 Å². The van der Waals surface area contributed by atoms with Gasteiger partial charge in [-0.15, -0.1) is 0 Å². The van der Waals surface area contributed by atoms with Crippen molar-refractivity contribution in [2.24, 2.45) is 0 Å². The van der Waals surface area contributed by atoms with E-state index >= 15 is 0 Å². The van der Waals surface area contributed by atoms with Gasteiger partial charge in [0.15, 0.2) is 0 Å². The van der Waals surface area contributed by atoms with E-state index < -0.39 is 11.5 Å². The summed E-state index contributed by atoms with van der Waals surface area (Å²) in [5.41, 5.74) is 2.02. The van der Waals surface area contributed by atoms with Crippen molar-refractivity contribution in [1.29, 1.82) is 0 Å². The molecule has 1 aliphatic heterocycles. The van der Waals surface area contributed by atoms with Crippen molar-refractivity contribution in [3.63, 3.8) is 0 Å². The number of amides is 1. The van der Waals surface area contributed by atoms with Gasteiger partial charge in [0.2, 0.25) is 0 Å². The lowest BCUT2D eigenvalue weighted by Crippen LogP contribution is -2.55. The van der Waals surface area contributed by atoms with Crippen molar-refractivity contribution in [3.8, 4) is 0 Å². The van der Waals surface area contributed by atoms with Crippen LogP contribution < -0.4 is 15.5 Å². The lowest BCUT2D eigenvalue weighted by molar-refractivity contribution is 0.0600. The van der Waals surface area contributed by atoms with Gasteiger partial charge in [0.25, 0.3) is 5.91 Å². The van der Waals surface area contributed by atoms with Crippen LogP contribution in [0.5, 0.6) is 0 Å². The van der Waals surface area contributed by atoms with Crippen molar-refractivity contribution >= 4 is 35.0 Å². The van der Waals surface area contributed by atoms with Crippen LogP contribution in [-0.4, -0.2) is 43.1 Å². The number of carbonyl (C=O) groups is 2. The summed E-state index contributed by atoms with van der Waals surface area (Å²) >= 11 is 6.19. The molecule has 1 saturated heterocycles. The summed E-state index contributed by atoms with van der Waals surface area (Å²) in [4.78, 5) is 31.5. The van der Waals surface area contributed by atoms with Gasteiger partial charge in [-0.05, 0) is 54.8 Å². The Labute approximate surface area is 207 Å². The molecule has 1 amide bonds. The number of methoxy groups -OCH3 is 1. The summed E-state index contributed by atoms with van der Waals surface area (Å²) in [7, 11) is 1.34. The van der Waals surface area contributed by atoms with Crippen molar-refractivity contribution in [1.82, 2.24) is 10.3 Å². The third-order valence-electron chi connectivity index (χ3n) is 6.42. The lowest BCUT2D eigenvalue weighted by Gasteiger charge is -2.41. The molecule has 1 aliphatic carbocycles. The molecule has 2 aromatic carbocycles. The minimum Gasteiger partial charge on any atom is -0.465 e. The van der Waals surface area contributed by atoms with Crippen LogP contribution in [0.2, 0.25) is 5.02 Å². The number of hydrogen-bond acceptors (Lipinski definition) is 6. The van der Waals surface area contributed by atoms with E-state index in [1.807, 2.05) is 23.1 Å². The molecule has 5 rings (SSSR count). The van der Waals surface area contributed by atoms with Gasteiger partial charge in [-0.25, -0.2) is 14.2 Å².